The molecule has 0 radical (unpaired) electrons. The van der Waals surface area contributed by atoms with Crippen LogP contribution in [0.15, 0.2) is 22.4 Å². The van der Waals surface area contributed by atoms with Crippen molar-refractivity contribution in [3.05, 3.63) is 43.6 Å². The maximum absolute atomic E-state index is 12.7. The highest BCUT2D eigenvalue weighted by molar-refractivity contribution is 7.93. The molecule has 0 saturated carbocycles. The Morgan fingerprint density at radius 2 is 1.96 bits per heavy atom. The number of methoxy groups -OCH3 is 1. The van der Waals surface area contributed by atoms with Crippen LogP contribution in [0.3, 0.4) is 0 Å². The van der Waals surface area contributed by atoms with Crippen LogP contribution < -0.4 is 4.72 Å². The van der Waals surface area contributed by atoms with Gasteiger partial charge in [-0.2, -0.15) is 0 Å². The van der Waals surface area contributed by atoms with E-state index in [1.54, 1.807) is 25.3 Å². The van der Waals surface area contributed by atoms with E-state index in [-0.39, 0.29) is 20.5 Å². The molecule has 23 heavy (non-hydrogen) atoms. The fraction of sp³-hybridized carbons (Fsp3) is 0.214. The third kappa shape index (κ3) is 3.47. The summed E-state index contributed by atoms with van der Waals surface area (Å²) in [5.74, 6) is -0.622. The SMILES string of the molecule is COC(=O)c1sccc1NS(=O)(=O)c1c(C)c(Cl)cc(C)c1Cl. The third-order valence-corrected chi connectivity index (χ3v) is 6.56. The Kier molecular flexibility index (Phi) is 5.25. The lowest BCUT2D eigenvalue weighted by Crippen LogP contribution is -2.17. The molecular weight excluding hydrogens is 381 g/mol. The molecular formula is C14H13Cl2NO4S2. The van der Waals surface area contributed by atoms with Crippen LogP contribution in [0.4, 0.5) is 5.69 Å². The summed E-state index contributed by atoms with van der Waals surface area (Å²) >= 11 is 13.3. The summed E-state index contributed by atoms with van der Waals surface area (Å²) in [7, 11) is -2.80. The molecule has 0 saturated heterocycles. The largest absolute Gasteiger partial charge is 0.465 e. The zero-order chi connectivity index (χ0) is 17.4. The van der Waals surface area contributed by atoms with Crippen LogP contribution >= 0.6 is 34.5 Å². The van der Waals surface area contributed by atoms with Crippen LogP contribution in [0.2, 0.25) is 10.0 Å². The number of thiophene rings is 1. The molecule has 2 aromatic rings. The van der Waals surface area contributed by atoms with Gasteiger partial charge in [-0.05, 0) is 42.5 Å². The van der Waals surface area contributed by atoms with E-state index >= 15 is 0 Å². The molecule has 0 aliphatic carbocycles. The molecule has 1 heterocycles. The van der Waals surface area contributed by atoms with Crippen molar-refractivity contribution in [1.29, 1.82) is 0 Å². The first-order chi connectivity index (χ1) is 10.7. The second kappa shape index (κ2) is 6.68. The van der Waals surface area contributed by atoms with Gasteiger partial charge in [-0.25, -0.2) is 13.2 Å². The van der Waals surface area contributed by atoms with E-state index in [2.05, 4.69) is 9.46 Å². The quantitative estimate of drug-likeness (QED) is 0.787. The number of halogens is 2. The molecule has 0 aliphatic heterocycles. The van der Waals surface area contributed by atoms with Crippen molar-refractivity contribution in [2.45, 2.75) is 18.7 Å². The van der Waals surface area contributed by atoms with Gasteiger partial charge in [0, 0.05) is 5.02 Å². The number of carbonyl (C=O) groups excluding carboxylic acids is 1. The number of benzene rings is 1. The number of aryl methyl sites for hydroxylation is 1. The van der Waals surface area contributed by atoms with Gasteiger partial charge in [0.2, 0.25) is 0 Å². The summed E-state index contributed by atoms with van der Waals surface area (Å²) in [6.45, 7) is 3.23. The smallest absolute Gasteiger partial charge is 0.350 e. The minimum absolute atomic E-state index is 0.0919. The first kappa shape index (κ1) is 18.1. The highest BCUT2D eigenvalue weighted by Crippen LogP contribution is 2.35. The second-order valence-corrected chi connectivity index (χ2v) is 8.02. The topological polar surface area (TPSA) is 72.5 Å². The van der Waals surface area contributed by atoms with Gasteiger partial charge in [-0.15, -0.1) is 11.3 Å². The molecule has 124 valence electrons. The van der Waals surface area contributed by atoms with Gasteiger partial charge in [0.15, 0.2) is 0 Å². The Bertz CT molecular complexity index is 849. The number of nitrogens with one attached hydrogen (secondary N) is 1. The molecule has 0 amide bonds. The fourth-order valence-corrected chi connectivity index (χ4v) is 5.09. The van der Waals surface area contributed by atoms with Crippen LogP contribution in [0, 0.1) is 13.8 Å². The molecule has 0 aliphatic rings. The van der Waals surface area contributed by atoms with Crippen molar-refractivity contribution >= 4 is 56.2 Å². The van der Waals surface area contributed by atoms with Crippen LogP contribution in [-0.4, -0.2) is 21.5 Å². The summed E-state index contributed by atoms with van der Waals surface area (Å²) in [4.78, 5) is 11.7. The van der Waals surface area contributed by atoms with Gasteiger partial charge in [0.1, 0.15) is 9.77 Å². The maximum Gasteiger partial charge on any atom is 0.350 e. The first-order valence-corrected chi connectivity index (χ1v) is 9.44. The number of ether oxygens (including phenoxy) is 1. The molecule has 0 spiro atoms. The van der Waals surface area contributed by atoms with E-state index in [0.717, 1.165) is 11.3 Å². The van der Waals surface area contributed by atoms with E-state index < -0.39 is 16.0 Å². The van der Waals surface area contributed by atoms with E-state index in [9.17, 15) is 13.2 Å². The number of rotatable bonds is 4. The zero-order valence-corrected chi connectivity index (χ0v) is 15.6. The molecule has 5 nitrogen and oxygen atoms in total. The van der Waals surface area contributed by atoms with Crippen LogP contribution in [-0.2, 0) is 14.8 Å². The highest BCUT2D eigenvalue weighted by atomic mass is 35.5. The van der Waals surface area contributed by atoms with Crippen molar-refractivity contribution in [2.24, 2.45) is 0 Å². The molecule has 0 bridgehead atoms. The molecule has 9 heteroatoms. The van der Waals surface area contributed by atoms with Crippen LogP contribution in [0.5, 0.6) is 0 Å². The van der Waals surface area contributed by atoms with E-state index in [4.69, 9.17) is 23.2 Å². The Labute approximate surface area is 148 Å². The van der Waals surface area contributed by atoms with Crippen molar-refractivity contribution in [1.82, 2.24) is 0 Å². The third-order valence-electron chi connectivity index (χ3n) is 3.14. The first-order valence-electron chi connectivity index (χ1n) is 6.33. The van der Waals surface area contributed by atoms with E-state index in [1.807, 2.05) is 0 Å². The summed E-state index contributed by atoms with van der Waals surface area (Å²) < 4.78 is 32.4. The Morgan fingerprint density at radius 3 is 2.57 bits per heavy atom. The van der Waals surface area contributed by atoms with Crippen molar-refractivity contribution < 1.29 is 17.9 Å². The summed E-state index contributed by atoms with van der Waals surface area (Å²) in [6, 6.07) is 3.08. The Hall–Kier alpha value is -1.28. The fourth-order valence-electron chi connectivity index (χ4n) is 1.97. The van der Waals surface area contributed by atoms with Gasteiger partial charge in [0.25, 0.3) is 10.0 Å². The predicted molar refractivity (Wildman–Crippen MR) is 92.4 cm³/mol. The van der Waals surface area contributed by atoms with Crippen molar-refractivity contribution in [3.8, 4) is 0 Å². The van der Waals surface area contributed by atoms with Crippen LogP contribution in [0.25, 0.3) is 0 Å². The number of hydrogen-bond donors (Lipinski definition) is 1. The summed E-state index contributed by atoms with van der Waals surface area (Å²) in [6.07, 6.45) is 0. The zero-order valence-electron chi connectivity index (χ0n) is 12.4. The highest BCUT2D eigenvalue weighted by Gasteiger charge is 2.26. The molecule has 1 N–H and O–H groups in total. The lowest BCUT2D eigenvalue weighted by atomic mass is 10.2. The summed E-state index contributed by atoms with van der Waals surface area (Å²) in [5, 5.41) is 1.97. The number of hydrogen-bond acceptors (Lipinski definition) is 5. The van der Waals surface area contributed by atoms with Crippen molar-refractivity contribution in [3.63, 3.8) is 0 Å². The number of carbonyl (C=O) groups is 1. The van der Waals surface area contributed by atoms with Gasteiger partial charge in [-0.1, -0.05) is 23.2 Å². The molecule has 2 rings (SSSR count). The molecule has 1 aromatic heterocycles. The van der Waals surface area contributed by atoms with Gasteiger partial charge >= 0.3 is 5.97 Å². The maximum atomic E-state index is 12.7. The van der Waals surface area contributed by atoms with Gasteiger partial charge < -0.3 is 4.74 Å². The average molecular weight is 394 g/mol. The standard InChI is InChI=1S/C14H13Cl2NO4S2/c1-7-6-9(15)8(2)13(11(7)16)23(19,20)17-10-4-5-22-12(10)14(18)21-3/h4-6,17H,1-3H3. The number of esters is 1. The lowest BCUT2D eigenvalue weighted by Gasteiger charge is -2.14. The number of anilines is 1. The molecule has 0 atom stereocenters. The average Bonchev–Trinajstić information content (AvgIpc) is 2.91. The molecule has 0 unspecified atom stereocenters. The number of sulfonamides is 1. The predicted octanol–water partition coefficient (Wildman–Crippen LogP) is 4.26. The van der Waals surface area contributed by atoms with Gasteiger partial charge in [-0.3, -0.25) is 4.72 Å². The van der Waals surface area contributed by atoms with Crippen molar-refractivity contribution in [2.75, 3.05) is 11.8 Å². The molecule has 1 aromatic carbocycles. The van der Waals surface area contributed by atoms with E-state index in [1.165, 1.54) is 13.2 Å². The monoisotopic (exact) mass is 393 g/mol. The lowest BCUT2D eigenvalue weighted by molar-refractivity contribution is 0.0607. The van der Waals surface area contributed by atoms with Crippen LogP contribution in [0.1, 0.15) is 20.8 Å². The minimum Gasteiger partial charge on any atom is -0.465 e. The Morgan fingerprint density at radius 1 is 1.30 bits per heavy atom. The van der Waals surface area contributed by atoms with Gasteiger partial charge in [0.05, 0.1) is 17.8 Å². The molecule has 0 fully saturated rings. The normalized spacial score (nSPS) is 11.3. The summed E-state index contributed by atoms with van der Waals surface area (Å²) in [5.41, 5.74) is 1.01. The second-order valence-electron chi connectivity index (χ2n) is 4.70. The Balaban J connectivity index is 2.54. The van der Waals surface area contributed by atoms with E-state index in [0.29, 0.717) is 16.1 Å². The minimum atomic E-state index is -4.02.